The smallest absolute Gasteiger partial charge is 0.324 e. The van der Waals surface area contributed by atoms with Crippen molar-refractivity contribution in [3.8, 4) is 0 Å². The van der Waals surface area contributed by atoms with Crippen LogP contribution in [0.2, 0.25) is 0 Å². The molecule has 0 saturated carbocycles. The van der Waals surface area contributed by atoms with Crippen LogP contribution >= 0.6 is 0 Å². The van der Waals surface area contributed by atoms with Crippen LogP contribution in [0.25, 0.3) is 0 Å². The molecule has 0 unspecified atom stereocenters. The van der Waals surface area contributed by atoms with Crippen molar-refractivity contribution in [2.45, 2.75) is 25.8 Å². The third-order valence-corrected chi connectivity index (χ3v) is 4.44. The number of rotatable bonds is 4. The maximum absolute atomic E-state index is 13.0. The highest BCUT2D eigenvalue weighted by Crippen LogP contribution is 2.19. The second-order valence-corrected chi connectivity index (χ2v) is 6.24. The first kappa shape index (κ1) is 17.9. The van der Waals surface area contributed by atoms with E-state index < -0.39 is 5.91 Å². The number of nitrogens with zero attached hydrogens (tertiary/aromatic N) is 3. The van der Waals surface area contributed by atoms with Crippen LogP contribution in [0.5, 0.6) is 0 Å². The van der Waals surface area contributed by atoms with Gasteiger partial charge >= 0.3 is 6.03 Å². The number of pyridine rings is 1. The summed E-state index contributed by atoms with van der Waals surface area (Å²) < 4.78 is 0. The van der Waals surface area contributed by atoms with Crippen molar-refractivity contribution >= 4 is 17.8 Å². The van der Waals surface area contributed by atoms with E-state index in [4.69, 9.17) is 5.21 Å². The number of urea groups is 1. The van der Waals surface area contributed by atoms with E-state index in [1.165, 1.54) is 0 Å². The number of carbonyl (C=O) groups excluding carboxylic acids is 2. The molecule has 26 heavy (non-hydrogen) atoms. The summed E-state index contributed by atoms with van der Waals surface area (Å²) in [7, 11) is 0. The van der Waals surface area contributed by atoms with Crippen molar-refractivity contribution in [3.05, 3.63) is 59.8 Å². The van der Waals surface area contributed by atoms with E-state index in [1.54, 1.807) is 40.8 Å². The number of hydroxylamine groups is 1. The standard InChI is InChI=1S/C19H22N4O3/c24-18(21-26)16-9-7-15(8-10-16)14-23(17-6-2-3-11-20-17)19(25)22-12-4-1-5-13-22/h2-3,6-11,26H,1,4-5,12-14H2,(H,21,24). The first-order valence-corrected chi connectivity index (χ1v) is 8.70. The van der Waals surface area contributed by atoms with E-state index in [1.807, 2.05) is 23.1 Å². The summed E-state index contributed by atoms with van der Waals surface area (Å²) in [6.45, 7) is 1.88. The predicted octanol–water partition coefficient (Wildman–Crippen LogP) is 2.81. The van der Waals surface area contributed by atoms with Crippen LogP contribution in [0.3, 0.4) is 0 Å². The van der Waals surface area contributed by atoms with Crippen LogP contribution < -0.4 is 10.4 Å². The molecule has 2 heterocycles. The zero-order chi connectivity index (χ0) is 18.4. The highest BCUT2D eigenvalue weighted by atomic mass is 16.5. The Balaban J connectivity index is 1.81. The average molecular weight is 354 g/mol. The number of aromatic nitrogens is 1. The number of hydrogen-bond acceptors (Lipinski definition) is 4. The lowest BCUT2D eigenvalue weighted by Gasteiger charge is -2.32. The van der Waals surface area contributed by atoms with Gasteiger partial charge in [-0.15, -0.1) is 0 Å². The third kappa shape index (κ3) is 4.18. The molecule has 1 aromatic heterocycles. The van der Waals surface area contributed by atoms with E-state index in [0.29, 0.717) is 17.9 Å². The zero-order valence-electron chi connectivity index (χ0n) is 14.5. The molecule has 0 atom stereocenters. The Labute approximate surface area is 152 Å². The summed E-state index contributed by atoms with van der Waals surface area (Å²) in [4.78, 5) is 32.3. The lowest BCUT2D eigenvalue weighted by molar-refractivity contribution is 0.0706. The number of nitrogens with one attached hydrogen (secondary N) is 1. The SMILES string of the molecule is O=C(NO)c1ccc(CN(C(=O)N2CCCCC2)c2ccccn2)cc1. The van der Waals surface area contributed by atoms with Crippen LogP contribution in [0.4, 0.5) is 10.6 Å². The number of hydrogen-bond donors (Lipinski definition) is 2. The molecule has 3 rings (SSSR count). The Hall–Kier alpha value is -2.93. The first-order chi connectivity index (χ1) is 12.7. The molecule has 1 fully saturated rings. The molecule has 0 spiro atoms. The summed E-state index contributed by atoms with van der Waals surface area (Å²) in [6.07, 6.45) is 4.86. The first-order valence-electron chi connectivity index (χ1n) is 8.70. The summed E-state index contributed by atoms with van der Waals surface area (Å²) in [5.41, 5.74) is 2.83. The van der Waals surface area contributed by atoms with Gasteiger partial charge < -0.3 is 4.90 Å². The summed E-state index contributed by atoms with van der Waals surface area (Å²) >= 11 is 0. The van der Waals surface area contributed by atoms with E-state index in [-0.39, 0.29) is 6.03 Å². The molecular weight excluding hydrogens is 332 g/mol. The summed E-state index contributed by atoms with van der Waals surface area (Å²) in [6, 6.07) is 12.2. The Morgan fingerprint density at radius 1 is 1.08 bits per heavy atom. The maximum atomic E-state index is 13.0. The number of amides is 3. The van der Waals surface area contributed by atoms with E-state index in [0.717, 1.165) is 37.9 Å². The van der Waals surface area contributed by atoms with Gasteiger partial charge in [-0.05, 0) is 49.1 Å². The van der Waals surface area contributed by atoms with Gasteiger partial charge in [0.2, 0.25) is 0 Å². The number of benzene rings is 1. The van der Waals surface area contributed by atoms with Crippen molar-refractivity contribution in [1.82, 2.24) is 15.4 Å². The molecule has 1 aliphatic rings. The molecule has 2 aromatic rings. The Morgan fingerprint density at radius 3 is 2.42 bits per heavy atom. The molecule has 0 radical (unpaired) electrons. The van der Waals surface area contributed by atoms with Gasteiger partial charge in [0, 0.05) is 24.8 Å². The number of carbonyl (C=O) groups is 2. The lowest BCUT2D eigenvalue weighted by atomic mass is 10.1. The number of piperidine rings is 1. The molecule has 136 valence electrons. The van der Waals surface area contributed by atoms with Gasteiger partial charge in [0.25, 0.3) is 5.91 Å². The second kappa shape index (κ2) is 8.44. The molecule has 0 aliphatic carbocycles. The largest absolute Gasteiger partial charge is 0.325 e. The number of likely N-dealkylation sites (tertiary alicyclic amines) is 1. The van der Waals surface area contributed by atoms with Gasteiger partial charge in [-0.3, -0.25) is 14.9 Å². The van der Waals surface area contributed by atoms with Gasteiger partial charge in [0.1, 0.15) is 5.82 Å². The van der Waals surface area contributed by atoms with Crippen molar-refractivity contribution in [2.24, 2.45) is 0 Å². The molecule has 1 aromatic carbocycles. The summed E-state index contributed by atoms with van der Waals surface area (Å²) in [5.74, 6) is 0.0303. The van der Waals surface area contributed by atoms with E-state index in [2.05, 4.69) is 4.98 Å². The fraction of sp³-hybridized carbons (Fsp3) is 0.316. The molecule has 0 bridgehead atoms. The molecule has 7 nitrogen and oxygen atoms in total. The molecular formula is C19H22N4O3. The van der Waals surface area contributed by atoms with Gasteiger partial charge in [-0.1, -0.05) is 18.2 Å². The van der Waals surface area contributed by atoms with Crippen molar-refractivity contribution in [3.63, 3.8) is 0 Å². The molecule has 2 N–H and O–H groups in total. The van der Waals surface area contributed by atoms with Gasteiger partial charge in [0.15, 0.2) is 0 Å². The minimum Gasteiger partial charge on any atom is -0.324 e. The number of anilines is 1. The third-order valence-electron chi connectivity index (χ3n) is 4.44. The highest BCUT2D eigenvalue weighted by molar-refractivity contribution is 5.93. The Kier molecular flexibility index (Phi) is 5.80. The molecule has 7 heteroatoms. The topological polar surface area (TPSA) is 85.8 Å². The van der Waals surface area contributed by atoms with Crippen LogP contribution in [-0.2, 0) is 6.54 Å². The Bertz CT molecular complexity index is 743. The predicted molar refractivity (Wildman–Crippen MR) is 96.9 cm³/mol. The van der Waals surface area contributed by atoms with E-state index >= 15 is 0 Å². The van der Waals surface area contributed by atoms with Gasteiger partial charge in [-0.25, -0.2) is 15.3 Å². The fourth-order valence-electron chi connectivity index (χ4n) is 3.02. The molecule has 1 saturated heterocycles. The maximum Gasteiger partial charge on any atom is 0.325 e. The monoisotopic (exact) mass is 354 g/mol. The normalized spacial score (nSPS) is 14.0. The quantitative estimate of drug-likeness (QED) is 0.653. The minimum absolute atomic E-state index is 0.0550. The van der Waals surface area contributed by atoms with Crippen LogP contribution in [0.1, 0.15) is 35.2 Å². The van der Waals surface area contributed by atoms with Crippen molar-refractivity contribution in [2.75, 3.05) is 18.0 Å². The fourth-order valence-corrected chi connectivity index (χ4v) is 3.02. The highest BCUT2D eigenvalue weighted by Gasteiger charge is 2.24. The van der Waals surface area contributed by atoms with Gasteiger partial charge in [0.05, 0.1) is 6.54 Å². The van der Waals surface area contributed by atoms with Crippen molar-refractivity contribution < 1.29 is 14.8 Å². The van der Waals surface area contributed by atoms with Crippen LogP contribution in [-0.4, -0.2) is 40.1 Å². The van der Waals surface area contributed by atoms with Crippen LogP contribution in [0.15, 0.2) is 48.7 Å². The van der Waals surface area contributed by atoms with Gasteiger partial charge in [-0.2, -0.15) is 0 Å². The second-order valence-electron chi connectivity index (χ2n) is 6.24. The van der Waals surface area contributed by atoms with Crippen molar-refractivity contribution in [1.29, 1.82) is 0 Å². The molecule has 3 amide bonds. The van der Waals surface area contributed by atoms with E-state index in [9.17, 15) is 9.59 Å². The lowest BCUT2D eigenvalue weighted by Crippen LogP contribution is -2.45. The summed E-state index contributed by atoms with van der Waals surface area (Å²) in [5, 5.41) is 8.70. The molecule has 1 aliphatic heterocycles. The zero-order valence-corrected chi connectivity index (χ0v) is 14.5. The average Bonchev–Trinajstić information content (AvgIpc) is 2.72. The minimum atomic E-state index is -0.567. The van der Waals surface area contributed by atoms with Crippen LogP contribution in [0, 0.1) is 0 Å². The Morgan fingerprint density at radius 2 is 1.81 bits per heavy atom.